The normalized spacial score (nSPS) is 18.7. The number of nitrogens with one attached hydrogen (secondary N) is 1. The van der Waals surface area contributed by atoms with Gasteiger partial charge in [0.15, 0.2) is 0 Å². The maximum Gasteiger partial charge on any atom is 0.141 e. The maximum absolute atomic E-state index is 13.0. The Balaban J connectivity index is 2.03. The molecular weight excluding hydrogens is 243 g/mol. The minimum absolute atomic E-state index is 0.198. The van der Waals surface area contributed by atoms with Gasteiger partial charge in [0.1, 0.15) is 5.82 Å². The topological polar surface area (TPSA) is 34.1 Å². The zero-order valence-corrected chi connectivity index (χ0v) is 11.7. The van der Waals surface area contributed by atoms with Gasteiger partial charge in [0, 0.05) is 25.3 Å². The predicted molar refractivity (Wildman–Crippen MR) is 73.4 cm³/mol. The van der Waals surface area contributed by atoms with Crippen molar-refractivity contribution in [3.63, 3.8) is 0 Å². The number of hydrogen-bond acceptors (Lipinski definition) is 3. The number of pyridine rings is 1. The molecule has 1 saturated heterocycles. The quantitative estimate of drug-likeness (QED) is 0.889. The number of nitrogens with zero attached hydrogens (tertiary/aromatic N) is 1. The Morgan fingerprint density at radius 1 is 1.37 bits per heavy atom. The number of hydrogen-bond donors (Lipinski definition) is 1. The first kappa shape index (κ1) is 14.4. The van der Waals surface area contributed by atoms with Gasteiger partial charge in [0.2, 0.25) is 0 Å². The van der Waals surface area contributed by atoms with Crippen molar-refractivity contribution in [1.82, 2.24) is 10.3 Å². The molecule has 0 amide bonds. The molecule has 1 atom stereocenters. The molecule has 0 bridgehead atoms. The molecule has 3 nitrogen and oxygen atoms in total. The fourth-order valence-corrected chi connectivity index (χ4v) is 2.59. The summed E-state index contributed by atoms with van der Waals surface area (Å²) in [6, 6.07) is 3.86. The van der Waals surface area contributed by atoms with Crippen molar-refractivity contribution in [2.75, 3.05) is 13.2 Å². The number of rotatable bonds is 5. The van der Waals surface area contributed by atoms with Gasteiger partial charge in [-0.3, -0.25) is 4.98 Å². The van der Waals surface area contributed by atoms with Crippen LogP contribution in [0.1, 0.15) is 44.8 Å². The van der Waals surface area contributed by atoms with E-state index in [9.17, 15) is 4.39 Å². The summed E-state index contributed by atoms with van der Waals surface area (Å²) in [5.74, 6) is 0.384. The molecule has 0 spiro atoms. The van der Waals surface area contributed by atoms with Gasteiger partial charge in [-0.15, -0.1) is 0 Å². The van der Waals surface area contributed by atoms with Crippen molar-refractivity contribution in [1.29, 1.82) is 0 Å². The molecule has 4 heteroatoms. The maximum atomic E-state index is 13.0. The highest BCUT2D eigenvalue weighted by atomic mass is 19.1. The van der Waals surface area contributed by atoms with Crippen molar-refractivity contribution in [3.05, 3.63) is 29.8 Å². The number of aromatic nitrogens is 1. The van der Waals surface area contributed by atoms with Gasteiger partial charge in [-0.2, -0.15) is 0 Å². The van der Waals surface area contributed by atoms with Gasteiger partial charge in [-0.1, -0.05) is 13.8 Å². The Bertz CT molecular complexity index is 374. The second-order valence-corrected chi connectivity index (χ2v) is 5.57. The molecule has 1 aromatic heterocycles. The van der Waals surface area contributed by atoms with E-state index in [1.54, 1.807) is 6.07 Å². The monoisotopic (exact) mass is 266 g/mol. The third kappa shape index (κ3) is 4.55. The van der Waals surface area contributed by atoms with Crippen LogP contribution in [0.4, 0.5) is 4.39 Å². The molecule has 1 unspecified atom stereocenters. The van der Waals surface area contributed by atoms with Gasteiger partial charge in [0.05, 0.1) is 11.9 Å². The molecular formula is C15H23FN2O. The largest absolute Gasteiger partial charge is 0.381 e. The van der Waals surface area contributed by atoms with Crippen LogP contribution in [0.15, 0.2) is 18.3 Å². The zero-order valence-electron chi connectivity index (χ0n) is 11.7. The highest BCUT2D eigenvalue weighted by Gasteiger charge is 2.21. The van der Waals surface area contributed by atoms with E-state index in [1.807, 2.05) is 0 Å². The van der Waals surface area contributed by atoms with Crippen LogP contribution < -0.4 is 5.32 Å². The first-order valence-electron chi connectivity index (χ1n) is 7.10. The van der Waals surface area contributed by atoms with E-state index in [1.165, 1.54) is 12.3 Å². The Morgan fingerprint density at radius 3 is 2.68 bits per heavy atom. The molecule has 1 aromatic rings. The van der Waals surface area contributed by atoms with Crippen LogP contribution in [0.3, 0.4) is 0 Å². The summed E-state index contributed by atoms with van der Waals surface area (Å²) >= 11 is 0. The summed E-state index contributed by atoms with van der Waals surface area (Å²) in [6.45, 7) is 5.97. The van der Waals surface area contributed by atoms with E-state index in [2.05, 4.69) is 24.1 Å². The summed E-state index contributed by atoms with van der Waals surface area (Å²) in [7, 11) is 0. The van der Waals surface area contributed by atoms with Crippen molar-refractivity contribution in [2.24, 2.45) is 5.92 Å². The van der Waals surface area contributed by atoms with Crippen LogP contribution >= 0.6 is 0 Å². The van der Waals surface area contributed by atoms with E-state index >= 15 is 0 Å². The van der Waals surface area contributed by atoms with Crippen LogP contribution in [0.2, 0.25) is 0 Å². The van der Waals surface area contributed by atoms with Gasteiger partial charge >= 0.3 is 0 Å². The van der Waals surface area contributed by atoms with Gasteiger partial charge < -0.3 is 10.1 Å². The lowest BCUT2D eigenvalue weighted by Crippen LogP contribution is -2.31. The molecule has 1 fully saturated rings. The van der Waals surface area contributed by atoms with Crippen LogP contribution in [0.25, 0.3) is 0 Å². The second-order valence-electron chi connectivity index (χ2n) is 5.57. The molecule has 1 aliphatic rings. The third-order valence-corrected chi connectivity index (χ3v) is 3.55. The van der Waals surface area contributed by atoms with Crippen LogP contribution in [0, 0.1) is 11.7 Å². The Labute approximate surface area is 114 Å². The lowest BCUT2D eigenvalue weighted by molar-refractivity contribution is 0.0600. The molecule has 2 rings (SSSR count). The summed E-state index contributed by atoms with van der Waals surface area (Å²) in [6.07, 6.45) is 4.56. The van der Waals surface area contributed by atoms with E-state index in [0.29, 0.717) is 12.0 Å². The fourth-order valence-electron chi connectivity index (χ4n) is 2.59. The van der Waals surface area contributed by atoms with Crippen LogP contribution in [-0.2, 0) is 4.74 Å². The standard InChI is InChI=1S/C15H23FN2O/c1-11(2)18-15(9-12-5-7-19-8-6-12)14-4-3-13(16)10-17-14/h3-4,10-12,15,18H,5-9H2,1-2H3. The molecule has 19 heavy (non-hydrogen) atoms. The molecule has 1 N–H and O–H groups in total. The molecule has 0 aromatic carbocycles. The first-order valence-corrected chi connectivity index (χ1v) is 7.10. The van der Waals surface area contributed by atoms with Crippen molar-refractivity contribution in [3.8, 4) is 0 Å². The second kappa shape index (κ2) is 6.96. The van der Waals surface area contributed by atoms with Crippen LogP contribution in [-0.4, -0.2) is 24.2 Å². The molecule has 0 aliphatic carbocycles. The Kier molecular flexibility index (Phi) is 5.28. The molecule has 106 valence electrons. The highest BCUT2D eigenvalue weighted by molar-refractivity contribution is 5.10. The van der Waals surface area contributed by atoms with Crippen LogP contribution in [0.5, 0.6) is 0 Å². The van der Waals surface area contributed by atoms with E-state index < -0.39 is 0 Å². The van der Waals surface area contributed by atoms with E-state index in [0.717, 1.165) is 38.2 Å². The minimum Gasteiger partial charge on any atom is -0.381 e. The van der Waals surface area contributed by atoms with E-state index in [-0.39, 0.29) is 11.9 Å². The lowest BCUT2D eigenvalue weighted by Gasteiger charge is -2.28. The summed E-state index contributed by atoms with van der Waals surface area (Å²) in [5.41, 5.74) is 0.932. The fraction of sp³-hybridized carbons (Fsp3) is 0.667. The van der Waals surface area contributed by atoms with Crippen molar-refractivity contribution < 1.29 is 9.13 Å². The molecule has 2 heterocycles. The summed E-state index contributed by atoms with van der Waals surface area (Å²) < 4.78 is 18.4. The Morgan fingerprint density at radius 2 is 2.11 bits per heavy atom. The number of ether oxygens (including phenoxy) is 1. The zero-order chi connectivity index (χ0) is 13.7. The average Bonchev–Trinajstić information content (AvgIpc) is 2.39. The van der Waals surface area contributed by atoms with Crippen molar-refractivity contribution >= 4 is 0 Å². The van der Waals surface area contributed by atoms with Gasteiger partial charge in [0.25, 0.3) is 0 Å². The third-order valence-electron chi connectivity index (χ3n) is 3.55. The van der Waals surface area contributed by atoms with E-state index in [4.69, 9.17) is 4.74 Å². The number of halogens is 1. The van der Waals surface area contributed by atoms with Gasteiger partial charge in [-0.05, 0) is 37.3 Å². The Hall–Kier alpha value is -1.00. The van der Waals surface area contributed by atoms with Gasteiger partial charge in [-0.25, -0.2) is 4.39 Å². The molecule has 0 saturated carbocycles. The highest BCUT2D eigenvalue weighted by Crippen LogP contribution is 2.27. The minimum atomic E-state index is -0.280. The average molecular weight is 266 g/mol. The summed E-state index contributed by atoms with van der Waals surface area (Å²) in [5, 5.41) is 3.54. The smallest absolute Gasteiger partial charge is 0.141 e. The first-order chi connectivity index (χ1) is 9.15. The summed E-state index contributed by atoms with van der Waals surface area (Å²) in [4.78, 5) is 4.23. The predicted octanol–water partition coefficient (Wildman–Crippen LogP) is 3.08. The molecule has 0 radical (unpaired) electrons. The van der Waals surface area contributed by atoms with Crippen molar-refractivity contribution in [2.45, 2.75) is 45.2 Å². The lowest BCUT2D eigenvalue weighted by atomic mass is 9.91. The molecule has 1 aliphatic heterocycles. The SMILES string of the molecule is CC(C)NC(CC1CCOCC1)c1ccc(F)cn1.